The van der Waals surface area contributed by atoms with Crippen molar-refractivity contribution in [2.45, 2.75) is 13.8 Å². The molecule has 4 nitrogen and oxygen atoms in total. The average molecular weight is 167 g/mol. The minimum Gasteiger partial charge on any atom is -0.315 e. The first-order chi connectivity index (χ1) is 5.74. The van der Waals surface area contributed by atoms with Gasteiger partial charge in [-0.3, -0.25) is 4.79 Å². The molecule has 0 fully saturated rings. The van der Waals surface area contributed by atoms with Crippen LogP contribution in [0.5, 0.6) is 0 Å². The van der Waals surface area contributed by atoms with Gasteiger partial charge in [-0.2, -0.15) is 0 Å². The first kappa shape index (κ1) is 10.6. The summed E-state index contributed by atoms with van der Waals surface area (Å²) in [5.41, 5.74) is 0.327. The monoisotopic (exact) mass is 167 g/mol. The lowest BCUT2D eigenvalue weighted by atomic mass is 10.5. The van der Waals surface area contributed by atoms with Crippen LogP contribution in [0.2, 0.25) is 0 Å². The predicted octanol–water partition coefficient (Wildman–Crippen LogP) is 0.804. The van der Waals surface area contributed by atoms with Crippen LogP contribution < -0.4 is 5.56 Å². The lowest BCUT2D eigenvalue weighted by Crippen LogP contribution is -2.16. The molecule has 0 radical (unpaired) electrons. The molecule has 0 unspecified atom stereocenters. The van der Waals surface area contributed by atoms with Crippen LogP contribution in [0.4, 0.5) is 0 Å². The smallest absolute Gasteiger partial charge is 0.268 e. The molecule has 1 aromatic rings. The number of nitrogens with one attached hydrogen (secondary N) is 1. The molecule has 66 valence electrons. The van der Waals surface area contributed by atoms with Gasteiger partial charge in [-0.25, -0.2) is 4.98 Å². The Bertz CT molecular complexity index is 303. The Kier molecular flexibility index (Phi) is 4.60. The topological polar surface area (TPSA) is 58.7 Å². The number of hydrogen-bond donors (Lipinski definition) is 1. The van der Waals surface area contributed by atoms with Crippen molar-refractivity contribution in [2.24, 2.45) is 7.05 Å². The van der Waals surface area contributed by atoms with Crippen LogP contribution in [0, 0.1) is 5.41 Å². The zero-order valence-electron chi connectivity index (χ0n) is 7.53. The second-order valence-electron chi connectivity index (χ2n) is 1.91. The third kappa shape index (κ3) is 2.65. The number of aromatic nitrogens is 2. The number of hydrogen-bond acceptors (Lipinski definition) is 3. The summed E-state index contributed by atoms with van der Waals surface area (Å²) in [6, 6.07) is 0. The van der Waals surface area contributed by atoms with Crippen LogP contribution in [0.25, 0.3) is 0 Å². The minimum absolute atomic E-state index is 0.161. The maximum absolute atomic E-state index is 10.7. The van der Waals surface area contributed by atoms with Crippen molar-refractivity contribution >= 4 is 6.21 Å². The van der Waals surface area contributed by atoms with Gasteiger partial charge in [0.1, 0.15) is 0 Å². The normalized spacial score (nSPS) is 8.25. The Morgan fingerprint density at radius 3 is 2.58 bits per heavy atom. The molecule has 0 amide bonds. The fourth-order valence-corrected chi connectivity index (χ4v) is 0.591. The minimum atomic E-state index is -0.161. The van der Waals surface area contributed by atoms with Gasteiger partial charge >= 0.3 is 0 Å². The summed E-state index contributed by atoms with van der Waals surface area (Å²) in [5, 5.41) is 6.81. The van der Waals surface area contributed by atoms with Crippen molar-refractivity contribution in [3.05, 3.63) is 28.4 Å². The third-order valence-corrected chi connectivity index (χ3v) is 1.15. The fraction of sp³-hybridized carbons (Fsp3) is 0.375. The molecule has 1 N–H and O–H groups in total. The second kappa shape index (κ2) is 5.23. The van der Waals surface area contributed by atoms with Crippen molar-refractivity contribution in [3.8, 4) is 0 Å². The number of rotatable bonds is 1. The van der Waals surface area contributed by atoms with Crippen molar-refractivity contribution in [1.82, 2.24) is 9.55 Å². The molecular weight excluding hydrogens is 154 g/mol. The maximum atomic E-state index is 10.7. The van der Waals surface area contributed by atoms with Gasteiger partial charge in [0.15, 0.2) is 0 Å². The third-order valence-electron chi connectivity index (χ3n) is 1.15. The first-order valence-electron chi connectivity index (χ1n) is 3.77. The van der Waals surface area contributed by atoms with Gasteiger partial charge in [0, 0.05) is 19.5 Å². The molecule has 0 bridgehead atoms. The Morgan fingerprint density at radius 2 is 2.17 bits per heavy atom. The molecular formula is C8H13N3O. The average Bonchev–Trinajstić information content (AvgIpc) is 2.13. The highest BCUT2D eigenvalue weighted by Gasteiger charge is 1.90. The van der Waals surface area contributed by atoms with E-state index in [9.17, 15) is 4.79 Å². The van der Waals surface area contributed by atoms with Crippen LogP contribution in [0.3, 0.4) is 0 Å². The summed E-state index contributed by atoms with van der Waals surface area (Å²) in [4.78, 5) is 14.4. The van der Waals surface area contributed by atoms with Gasteiger partial charge in [-0.1, -0.05) is 13.8 Å². The van der Waals surface area contributed by atoms with Gasteiger partial charge < -0.3 is 9.98 Å². The molecule has 0 saturated heterocycles. The Hall–Kier alpha value is -1.45. The van der Waals surface area contributed by atoms with Crippen LogP contribution in [-0.2, 0) is 7.05 Å². The first-order valence-corrected chi connectivity index (χ1v) is 3.77. The molecule has 0 aromatic carbocycles. The molecule has 0 atom stereocenters. The molecule has 0 saturated carbocycles. The van der Waals surface area contributed by atoms with E-state index in [0.29, 0.717) is 5.69 Å². The van der Waals surface area contributed by atoms with Crippen molar-refractivity contribution in [2.75, 3.05) is 0 Å². The second-order valence-corrected chi connectivity index (χ2v) is 1.91. The highest BCUT2D eigenvalue weighted by molar-refractivity contribution is 5.73. The van der Waals surface area contributed by atoms with E-state index in [1.165, 1.54) is 17.0 Å². The molecule has 0 aliphatic carbocycles. The quantitative estimate of drug-likeness (QED) is 0.629. The lowest BCUT2D eigenvalue weighted by molar-refractivity contribution is 0.838. The molecule has 1 rings (SSSR count). The highest BCUT2D eigenvalue weighted by Crippen LogP contribution is 1.81. The summed E-state index contributed by atoms with van der Waals surface area (Å²) in [6.07, 6.45) is 3.80. The predicted molar refractivity (Wildman–Crippen MR) is 48.7 cm³/mol. The highest BCUT2D eigenvalue weighted by atomic mass is 16.1. The summed E-state index contributed by atoms with van der Waals surface area (Å²) >= 11 is 0. The van der Waals surface area contributed by atoms with E-state index in [2.05, 4.69) is 4.98 Å². The van der Waals surface area contributed by atoms with E-state index in [1.807, 2.05) is 13.8 Å². The SMILES string of the molecule is CC.Cn1cc(C=N)ncc1=O. The Morgan fingerprint density at radius 1 is 1.58 bits per heavy atom. The fourth-order valence-electron chi connectivity index (χ4n) is 0.591. The van der Waals surface area contributed by atoms with Crippen LogP contribution in [-0.4, -0.2) is 15.8 Å². The van der Waals surface area contributed by atoms with E-state index in [4.69, 9.17) is 5.41 Å². The molecule has 0 aliphatic rings. The standard InChI is InChI=1S/C6H7N3O.C2H6/c1-9-4-5(2-7)8-3-6(9)10;1-2/h2-4,7H,1H3;1-2H3. The van der Waals surface area contributed by atoms with Crippen LogP contribution in [0.1, 0.15) is 19.5 Å². The summed E-state index contributed by atoms with van der Waals surface area (Å²) < 4.78 is 1.38. The number of nitrogens with zero attached hydrogens (tertiary/aromatic N) is 2. The Labute approximate surface area is 71.4 Å². The zero-order chi connectivity index (χ0) is 9.56. The number of aryl methyl sites for hydroxylation is 1. The molecule has 1 aromatic heterocycles. The van der Waals surface area contributed by atoms with E-state index in [-0.39, 0.29) is 5.56 Å². The summed E-state index contributed by atoms with van der Waals surface area (Å²) in [5.74, 6) is 0. The van der Waals surface area contributed by atoms with E-state index < -0.39 is 0 Å². The van der Waals surface area contributed by atoms with Gasteiger partial charge in [-0.15, -0.1) is 0 Å². The van der Waals surface area contributed by atoms with Crippen molar-refractivity contribution in [1.29, 1.82) is 5.41 Å². The van der Waals surface area contributed by atoms with Crippen LogP contribution >= 0.6 is 0 Å². The molecule has 4 heteroatoms. The Balaban J connectivity index is 0.000000561. The van der Waals surface area contributed by atoms with E-state index in [0.717, 1.165) is 6.21 Å². The largest absolute Gasteiger partial charge is 0.315 e. The zero-order valence-corrected chi connectivity index (χ0v) is 7.53. The molecule has 1 heterocycles. The lowest BCUT2D eigenvalue weighted by Gasteiger charge is -1.94. The van der Waals surface area contributed by atoms with Crippen molar-refractivity contribution in [3.63, 3.8) is 0 Å². The van der Waals surface area contributed by atoms with Gasteiger partial charge in [0.25, 0.3) is 5.56 Å². The van der Waals surface area contributed by atoms with Gasteiger partial charge in [0.2, 0.25) is 0 Å². The van der Waals surface area contributed by atoms with Gasteiger partial charge in [-0.05, 0) is 0 Å². The summed E-state index contributed by atoms with van der Waals surface area (Å²) in [7, 11) is 1.62. The van der Waals surface area contributed by atoms with Crippen LogP contribution in [0.15, 0.2) is 17.2 Å². The van der Waals surface area contributed by atoms with E-state index >= 15 is 0 Å². The molecule has 12 heavy (non-hydrogen) atoms. The molecule has 0 spiro atoms. The van der Waals surface area contributed by atoms with Gasteiger partial charge in [0.05, 0.1) is 11.9 Å². The maximum Gasteiger partial charge on any atom is 0.268 e. The molecule has 0 aliphatic heterocycles. The summed E-state index contributed by atoms with van der Waals surface area (Å²) in [6.45, 7) is 4.00. The van der Waals surface area contributed by atoms with Crippen molar-refractivity contribution < 1.29 is 0 Å². The van der Waals surface area contributed by atoms with E-state index in [1.54, 1.807) is 7.05 Å².